The monoisotopic (exact) mass is 200 g/mol. The van der Waals surface area contributed by atoms with Crippen LogP contribution in [-0.4, -0.2) is 13.0 Å². The molecule has 0 atom stereocenters. The lowest BCUT2D eigenvalue weighted by atomic mass is 10.0. The van der Waals surface area contributed by atoms with Crippen LogP contribution in [0, 0.1) is 0 Å². The summed E-state index contributed by atoms with van der Waals surface area (Å²) in [6, 6.07) is 11.3. The van der Waals surface area contributed by atoms with Gasteiger partial charge in [-0.05, 0) is 17.5 Å². The number of hydrogen-bond donors (Lipinski definition) is 2. The van der Waals surface area contributed by atoms with Crippen molar-refractivity contribution in [2.75, 3.05) is 12.4 Å². The number of benzene rings is 2. The minimum absolute atomic E-state index is 0.395. The Balaban J connectivity index is 2.82. The molecule has 3 heteroatoms. The Morgan fingerprint density at radius 2 is 1.80 bits per heavy atom. The van der Waals surface area contributed by atoms with Crippen LogP contribution in [0.3, 0.4) is 0 Å². The number of rotatable bonds is 2. The lowest BCUT2D eigenvalue weighted by Crippen LogP contribution is -2.11. The van der Waals surface area contributed by atoms with Crippen LogP contribution >= 0.6 is 0 Å². The van der Waals surface area contributed by atoms with Crippen molar-refractivity contribution in [1.82, 2.24) is 0 Å². The van der Waals surface area contributed by atoms with Crippen molar-refractivity contribution in [1.29, 1.82) is 0 Å². The first-order chi connectivity index (χ1) is 7.24. The first-order valence-electron chi connectivity index (χ1n) is 4.73. The Morgan fingerprint density at radius 1 is 1.13 bits per heavy atom. The van der Waals surface area contributed by atoms with Crippen molar-refractivity contribution < 1.29 is 4.79 Å². The zero-order valence-electron chi connectivity index (χ0n) is 8.45. The molecule has 2 aromatic carbocycles. The van der Waals surface area contributed by atoms with Crippen LogP contribution in [-0.2, 0) is 0 Å². The molecule has 0 aliphatic rings. The molecular formula is C12H12N2O. The van der Waals surface area contributed by atoms with Gasteiger partial charge in [-0.3, -0.25) is 4.79 Å². The zero-order chi connectivity index (χ0) is 10.8. The molecule has 0 unspecified atom stereocenters. The Bertz CT molecular complexity index is 520. The van der Waals surface area contributed by atoms with E-state index in [1.807, 2.05) is 37.4 Å². The van der Waals surface area contributed by atoms with Crippen LogP contribution in [0.4, 0.5) is 5.69 Å². The highest BCUT2D eigenvalue weighted by Gasteiger charge is 2.07. The number of primary amides is 1. The lowest BCUT2D eigenvalue weighted by molar-refractivity contribution is 0.100. The smallest absolute Gasteiger partial charge is 0.249 e. The number of anilines is 1. The van der Waals surface area contributed by atoms with Crippen LogP contribution in [0.5, 0.6) is 0 Å². The lowest BCUT2D eigenvalue weighted by Gasteiger charge is -2.07. The number of fused-ring (bicyclic) bond motifs is 1. The standard InChI is InChI=1S/C12H12N2O/c1-14-11-7-3-4-8-9(11)5-2-6-10(8)12(13)15/h2-7,14H,1H3,(H2,13,15). The second-order valence-corrected chi connectivity index (χ2v) is 3.32. The third kappa shape index (κ3) is 1.52. The van der Waals surface area contributed by atoms with Gasteiger partial charge in [-0.2, -0.15) is 0 Å². The average molecular weight is 200 g/mol. The fourth-order valence-electron chi connectivity index (χ4n) is 1.74. The molecule has 0 radical (unpaired) electrons. The van der Waals surface area contributed by atoms with Gasteiger partial charge in [0.1, 0.15) is 0 Å². The highest BCUT2D eigenvalue weighted by atomic mass is 16.1. The molecule has 76 valence electrons. The van der Waals surface area contributed by atoms with Crippen LogP contribution < -0.4 is 11.1 Å². The predicted octanol–water partition coefficient (Wildman–Crippen LogP) is 1.98. The van der Waals surface area contributed by atoms with Crippen LogP contribution in [0.2, 0.25) is 0 Å². The van der Waals surface area contributed by atoms with E-state index in [1.54, 1.807) is 6.07 Å². The van der Waals surface area contributed by atoms with Crippen molar-refractivity contribution in [3.05, 3.63) is 42.0 Å². The molecule has 3 nitrogen and oxygen atoms in total. The largest absolute Gasteiger partial charge is 0.388 e. The molecule has 0 saturated carbocycles. The van der Waals surface area contributed by atoms with Gasteiger partial charge in [0.25, 0.3) is 0 Å². The summed E-state index contributed by atoms with van der Waals surface area (Å²) in [5, 5.41) is 4.98. The Kier molecular flexibility index (Phi) is 2.29. The second-order valence-electron chi connectivity index (χ2n) is 3.32. The summed E-state index contributed by atoms with van der Waals surface area (Å²) in [5.41, 5.74) is 6.87. The van der Waals surface area contributed by atoms with E-state index in [0.29, 0.717) is 5.56 Å². The molecular weight excluding hydrogens is 188 g/mol. The first-order valence-corrected chi connectivity index (χ1v) is 4.73. The SMILES string of the molecule is CNc1cccc2c(C(N)=O)cccc12. The van der Waals surface area contributed by atoms with Gasteiger partial charge in [-0.25, -0.2) is 0 Å². The Hall–Kier alpha value is -2.03. The quantitative estimate of drug-likeness (QED) is 0.778. The maximum absolute atomic E-state index is 11.2. The van der Waals surface area contributed by atoms with Gasteiger partial charge in [0.05, 0.1) is 0 Å². The highest BCUT2D eigenvalue weighted by molar-refractivity contribution is 6.09. The molecule has 0 heterocycles. The fraction of sp³-hybridized carbons (Fsp3) is 0.0833. The van der Waals surface area contributed by atoms with Crippen LogP contribution in [0.15, 0.2) is 36.4 Å². The van der Waals surface area contributed by atoms with Crippen molar-refractivity contribution >= 4 is 22.4 Å². The molecule has 0 aliphatic carbocycles. The van der Waals surface area contributed by atoms with E-state index in [1.165, 1.54) is 0 Å². The molecule has 0 aliphatic heterocycles. The molecule has 1 amide bonds. The molecule has 0 spiro atoms. The van der Waals surface area contributed by atoms with Gasteiger partial charge in [0, 0.05) is 23.7 Å². The van der Waals surface area contributed by atoms with E-state index >= 15 is 0 Å². The third-order valence-electron chi connectivity index (χ3n) is 2.46. The summed E-state index contributed by atoms with van der Waals surface area (Å²) < 4.78 is 0. The molecule has 0 aromatic heterocycles. The molecule has 0 saturated heterocycles. The maximum Gasteiger partial charge on any atom is 0.249 e. The fourth-order valence-corrected chi connectivity index (χ4v) is 1.74. The minimum Gasteiger partial charge on any atom is -0.388 e. The van der Waals surface area contributed by atoms with Crippen LogP contribution in [0.1, 0.15) is 10.4 Å². The summed E-state index contributed by atoms with van der Waals surface area (Å²) in [7, 11) is 1.85. The molecule has 0 bridgehead atoms. The van der Waals surface area contributed by atoms with Gasteiger partial charge in [-0.1, -0.05) is 24.3 Å². The molecule has 0 fully saturated rings. The number of hydrogen-bond acceptors (Lipinski definition) is 2. The average Bonchev–Trinajstić information content (AvgIpc) is 2.27. The van der Waals surface area contributed by atoms with E-state index in [4.69, 9.17) is 5.73 Å². The van der Waals surface area contributed by atoms with Gasteiger partial charge >= 0.3 is 0 Å². The number of carbonyl (C=O) groups is 1. The van der Waals surface area contributed by atoms with E-state index in [-0.39, 0.29) is 0 Å². The minimum atomic E-state index is -0.395. The van der Waals surface area contributed by atoms with Crippen molar-refractivity contribution in [3.63, 3.8) is 0 Å². The van der Waals surface area contributed by atoms with Gasteiger partial charge in [0.2, 0.25) is 5.91 Å². The van der Waals surface area contributed by atoms with E-state index in [2.05, 4.69) is 5.32 Å². The zero-order valence-corrected chi connectivity index (χ0v) is 8.45. The summed E-state index contributed by atoms with van der Waals surface area (Å²) >= 11 is 0. The normalized spacial score (nSPS) is 10.2. The first kappa shape index (κ1) is 9.52. The van der Waals surface area contributed by atoms with Gasteiger partial charge in [-0.15, -0.1) is 0 Å². The van der Waals surface area contributed by atoms with Gasteiger partial charge < -0.3 is 11.1 Å². The topological polar surface area (TPSA) is 55.1 Å². The second kappa shape index (κ2) is 3.61. The molecule has 3 N–H and O–H groups in total. The van der Waals surface area contributed by atoms with E-state index < -0.39 is 5.91 Å². The third-order valence-corrected chi connectivity index (χ3v) is 2.46. The highest BCUT2D eigenvalue weighted by Crippen LogP contribution is 2.25. The number of nitrogens with one attached hydrogen (secondary N) is 1. The summed E-state index contributed by atoms with van der Waals surface area (Å²) in [5.74, 6) is -0.395. The van der Waals surface area contributed by atoms with E-state index in [9.17, 15) is 4.79 Å². The van der Waals surface area contributed by atoms with Crippen molar-refractivity contribution in [2.45, 2.75) is 0 Å². The van der Waals surface area contributed by atoms with Crippen molar-refractivity contribution in [2.24, 2.45) is 5.73 Å². The molecule has 2 rings (SSSR count). The van der Waals surface area contributed by atoms with Gasteiger partial charge in [0.15, 0.2) is 0 Å². The Labute approximate surface area is 87.9 Å². The Morgan fingerprint density at radius 3 is 2.47 bits per heavy atom. The number of amides is 1. The predicted molar refractivity (Wildman–Crippen MR) is 62.0 cm³/mol. The number of nitrogens with two attached hydrogens (primary N) is 1. The van der Waals surface area contributed by atoms with E-state index in [0.717, 1.165) is 16.5 Å². The number of carbonyl (C=O) groups excluding carboxylic acids is 1. The molecule has 15 heavy (non-hydrogen) atoms. The molecule has 2 aromatic rings. The maximum atomic E-state index is 11.2. The summed E-state index contributed by atoms with van der Waals surface area (Å²) in [6.45, 7) is 0. The summed E-state index contributed by atoms with van der Waals surface area (Å²) in [4.78, 5) is 11.2. The summed E-state index contributed by atoms with van der Waals surface area (Å²) in [6.07, 6.45) is 0. The van der Waals surface area contributed by atoms with Crippen molar-refractivity contribution in [3.8, 4) is 0 Å². The van der Waals surface area contributed by atoms with Crippen LogP contribution in [0.25, 0.3) is 10.8 Å².